The number of hydrogen-bond acceptors (Lipinski definition) is 3. The Kier molecular flexibility index (Phi) is 3.54. The molecule has 122 valence electrons. The van der Waals surface area contributed by atoms with Gasteiger partial charge in [-0.1, -0.05) is 6.07 Å². The highest BCUT2D eigenvalue weighted by Crippen LogP contribution is 2.46. The van der Waals surface area contributed by atoms with E-state index in [2.05, 4.69) is 10.3 Å². The quantitative estimate of drug-likeness (QED) is 0.930. The van der Waals surface area contributed by atoms with Gasteiger partial charge in [0.1, 0.15) is 0 Å². The predicted molar refractivity (Wildman–Crippen MR) is 87.4 cm³/mol. The van der Waals surface area contributed by atoms with Crippen molar-refractivity contribution in [3.05, 3.63) is 41.7 Å². The van der Waals surface area contributed by atoms with Crippen LogP contribution in [0, 0.1) is 0 Å². The molecule has 0 spiro atoms. The van der Waals surface area contributed by atoms with Crippen LogP contribution in [-0.2, 0) is 15.1 Å². The maximum atomic E-state index is 13.3. The summed E-state index contributed by atoms with van der Waals surface area (Å²) < 4.78 is 0. The van der Waals surface area contributed by atoms with Crippen LogP contribution in [0.25, 0.3) is 0 Å². The van der Waals surface area contributed by atoms with Crippen molar-refractivity contribution in [3.8, 4) is 0 Å². The summed E-state index contributed by atoms with van der Waals surface area (Å²) in [7, 11) is 0. The maximum absolute atomic E-state index is 13.3. The summed E-state index contributed by atoms with van der Waals surface area (Å²) >= 11 is 0. The summed E-state index contributed by atoms with van der Waals surface area (Å²) in [4.78, 5) is 32.0. The molecule has 23 heavy (non-hydrogen) atoms. The van der Waals surface area contributed by atoms with E-state index in [1.165, 1.54) is 0 Å². The van der Waals surface area contributed by atoms with Crippen molar-refractivity contribution in [2.24, 2.45) is 0 Å². The summed E-state index contributed by atoms with van der Waals surface area (Å²) in [6, 6.07) is 5.61. The molecule has 0 bridgehead atoms. The van der Waals surface area contributed by atoms with Crippen LogP contribution < -0.4 is 5.32 Å². The third kappa shape index (κ3) is 2.54. The van der Waals surface area contributed by atoms with Gasteiger partial charge in [0.2, 0.25) is 5.91 Å². The fraction of sp³-hybridized carbons (Fsp3) is 0.500. The lowest BCUT2D eigenvalue weighted by Crippen LogP contribution is -2.60. The van der Waals surface area contributed by atoms with Crippen LogP contribution >= 0.6 is 0 Å². The minimum Gasteiger partial charge on any atom is -0.349 e. The summed E-state index contributed by atoms with van der Waals surface area (Å²) in [6.07, 6.45) is 5.12. The highest BCUT2D eigenvalue weighted by Gasteiger charge is 2.58. The molecule has 1 aromatic heterocycles. The number of carbonyl (C=O) groups is 2. The number of rotatable bonds is 3. The third-order valence-electron chi connectivity index (χ3n) is 4.27. The lowest BCUT2D eigenvalue weighted by molar-refractivity contribution is -0.142. The first-order valence-electron chi connectivity index (χ1n) is 8.03. The van der Waals surface area contributed by atoms with E-state index in [1.807, 2.05) is 45.9 Å². The van der Waals surface area contributed by atoms with Crippen molar-refractivity contribution >= 4 is 11.8 Å². The Morgan fingerprint density at radius 1 is 1.35 bits per heavy atom. The van der Waals surface area contributed by atoms with E-state index in [-0.39, 0.29) is 23.4 Å². The van der Waals surface area contributed by atoms with Gasteiger partial charge in [0.15, 0.2) is 5.54 Å². The monoisotopic (exact) mass is 313 g/mol. The number of amides is 2. The molecule has 3 rings (SSSR count). The summed E-state index contributed by atoms with van der Waals surface area (Å²) in [5.41, 5.74) is -0.185. The summed E-state index contributed by atoms with van der Waals surface area (Å²) in [6.45, 7) is 7.66. The van der Waals surface area contributed by atoms with Crippen LogP contribution in [0.3, 0.4) is 0 Å². The Labute approximate surface area is 136 Å². The molecule has 0 aromatic carbocycles. The zero-order chi connectivity index (χ0) is 16.8. The highest BCUT2D eigenvalue weighted by atomic mass is 16.2. The van der Waals surface area contributed by atoms with Crippen LogP contribution in [0.2, 0.25) is 0 Å². The van der Waals surface area contributed by atoms with Crippen molar-refractivity contribution in [2.45, 2.75) is 57.7 Å². The molecule has 1 aromatic rings. The Morgan fingerprint density at radius 2 is 2.04 bits per heavy atom. The topological polar surface area (TPSA) is 62.3 Å². The zero-order valence-electron chi connectivity index (χ0n) is 14.1. The maximum Gasteiger partial charge on any atom is 0.257 e. The second-order valence-corrected chi connectivity index (χ2v) is 7.40. The Hall–Kier alpha value is -2.17. The van der Waals surface area contributed by atoms with Crippen LogP contribution in [0.1, 0.15) is 46.2 Å². The van der Waals surface area contributed by atoms with E-state index >= 15 is 0 Å². The van der Waals surface area contributed by atoms with Crippen LogP contribution in [0.15, 0.2) is 36.0 Å². The molecule has 1 atom stereocenters. The predicted octanol–water partition coefficient (Wildman–Crippen LogP) is 2.14. The molecular weight excluding hydrogens is 290 g/mol. The van der Waals surface area contributed by atoms with Gasteiger partial charge in [-0.3, -0.25) is 14.6 Å². The van der Waals surface area contributed by atoms with Gasteiger partial charge in [-0.25, -0.2) is 0 Å². The average Bonchev–Trinajstić information content (AvgIpc) is 3.23. The van der Waals surface area contributed by atoms with Crippen molar-refractivity contribution in [3.63, 3.8) is 0 Å². The lowest BCUT2D eigenvalue weighted by Gasteiger charge is -2.40. The largest absolute Gasteiger partial charge is 0.349 e. The molecule has 1 aliphatic carbocycles. The van der Waals surface area contributed by atoms with E-state index in [0.717, 1.165) is 18.4 Å². The van der Waals surface area contributed by atoms with Crippen molar-refractivity contribution in [1.82, 2.24) is 15.2 Å². The highest BCUT2D eigenvalue weighted by molar-refractivity contribution is 6.04. The lowest BCUT2D eigenvalue weighted by atomic mass is 9.85. The molecule has 2 heterocycles. The smallest absolute Gasteiger partial charge is 0.257 e. The van der Waals surface area contributed by atoms with Crippen LogP contribution in [0.4, 0.5) is 0 Å². The average molecular weight is 313 g/mol. The van der Waals surface area contributed by atoms with Gasteiger partial charge in [0.05, 0.1) is 5.69 Å². The molecule has 2 aliphatic rings. The van der Waals surface area contributed by atoms with Gasteiger partial charge < -0.3 is 10.2 Å². The molecule has 0 radical (unpaired) electrons. The number of aromatic nitrogens is 1. The fourth-order valence-electron chi connectivity index (χ4n) is 3.24. The van der Waals surface area contributed by atoms with Gasteiger partial charge in [0.25, 0.3) is 5.91 Å². The normalized spacial score (nSPS) is 24.6. The second kappa shape index (κ2) is 5.18. The molecule has 1 aliphatic heterocycles. The number of nitrogens with one attached hydrogen (secondary N) is 1. The minimum atomic E-state index is -1.13. The molecule has 2 amide bonds. The SMILES string of the molecule is CC1=CC(=O)N(C2CC2)C1(C(=O)NC(C)(C)C)c1ccccn1. The molecule has 1 unspecified atom stereocenters. The molecule has 1 N–H and O–H groups in total. The standard InChI is InChI=1S/C18H23N3O2/c1-12-11-15(22)21(13-8-9-13)18(12,14-7-5-6-10-19-14)16(23)20-17(2,3)4/h5-7,10-11,13H,8-9H2,1-4H3,(H,20,23). The van der Waals surface area contributed by atoms with Gasteiger partial charge in [0, 0.05) is 23.9 Å². The van der Waals surface area contributed by atoms with Crippen LogP contribution in [0.5, 0.6) is 0 Å². The van der Waals surface area contributed by atoms with Gasteiger partial charge >= 0.3 is 0 Å². The minimum absolute atomic E-state index is 0.0975. The van der Waals surface area contributed by atoms with Gasteiger partial charge in [-0.2, -0.15) is 0 Å². The van der Waals surface area contributed by atoms with E-state index in [9.17, 15) is 9.59 Å². The first-order chi connectivity index (χ1) is 10.8. The molecular formula is C18H23N3O2. The molecule has 1 saturated carbocycles. The van der Waals surface area contributed by atoms with E-state index in [1.54, 1.807) is 17.2 Å². The fourth-order valence-corrected chi connectivity index (χ4v) is 3.24. The Morgan fingerprint density at radius 3 is 2.57 bits per heavy atom. The first-order valence-corrected chi connectivity index (χ1v) is 8.03. The Bertz CT molecular complexity index is 671. The zero-order valence-corrected chi connectivity index (χ0v) is 14.1. The van der Waals surface area contributed by atoms with Crippen molar-refractivity contribution in [1.29, 1.82) is 0 Å². The number of pyridine rings is 1. The first kappa shape index (κ1) is 15.7. The summed E-state index contributed by atoms with van der Waals surface area (Å²) in [5, 5.41) is 3.05. The van der Waals surface area contributed by atoms with E-state index in [4.69, 9.17) is 0 Å². The molecule has 5 heteroatoms. The third-order valence-corrected chi connectivity index (χ3v) is 4.27. The number of carbonyl (C=O) groups excluding carboxylic acids is 2. The summed E-state index contributed by atoms with van der Waals surface area (Å²) in [5.74, 6) is -0.282. The van der Waals surface area contributed by atoms with Gasteiger partial charge in [-0.05, 0) is 58.2 Å². The van der Waals surface area contributed by atoms with Gasteiger partial charge in [-0.15, -0.1) is 0 Å². The second-order valence-electron chi connectivity index (χ2n) is 7.40. The van der Waals surface area contributed by atoms with E-state index in [0.29, 0.717) is 5.69 Å². The number of nitrogens with zero attached hydrogens (tertiary/aromatic N) is 2. The Balaban J connectivity index is 2.16. The van der Waals surface area contributed by atoms with Crippen molar-refractivity contribution in [2.75, 3.05) is 0 Å². The molecule has 1 fully saturated rings. The molecule has 5 nitrogen and oxygen atoms in total. The molecule has 0 saturated heterocycles. The van der Waals surface area contributed by atoms with Crippen molar-refractivity contribution < 1.29 is 9.59 Å². The van der Waals surface area contributed by atoms with Crippen LogP contribution in [-0.4, -0.2) is 33.3 Å². The number of hydrogen-bond donors (Lipinski definition) is 1. The van der Waals surface area contributed by atoms with E-state index < -0.39 is 5.54 Å².